The molecule has 1 saturated heterocycles. The molecule has 0 spiro atoms. The van der Waals surface area contributed by atoms with Crippen LogP contribution < -0.4 is 10.6 Å². The molecule has 0 bridgehead atoms. The number of likely N-dealkylation sites (tertiary alicyclic amines) is 1. The zero-order valence-electron chi connectivity index (χ0n) is 15.0. The minimum Gasteiger partial charge on any atom is -0.369 e. The fraction of sp³-hybridized carbons (Fsp3) is 0.263. The number of aromatic nitrogens is 2. The van der Waals surface area contributed by atoms with Crippen molar-refractivity contribution in [3.05, 3.63) is 46.8 Å². The van der Waals surface area contributed by atoms with E-state index in [1.54, 1.807) is 31.3 Å². The van der Waals surface area contributed by atoms with Crippen LogP contribution in [0.1, 0.15) is 38.5 Å². The highest BCUT2D eigenvalue weighted by atomic mass is 16.3. The average Bonchev–Trinajstić information content (AvgIpc) is 3.33. The number of nitrogens with one attached hydrogen (secondary N) is 3. The fourth-order valence-electron chi connectivity index (χ4n) is 3.18. The maximum atomic E-state index is 12.5. The number of carbonyl (C=O) groups excluding carboxylic acids is 3. The van der Waals surface area contributed by atoms with Gasteiger partial charge in [-0.15, -0.1) is 0 Å². The molecule has 4 rings (SSSR count). The van der Waals surface area contributed by atoms with Gasteiger partial charge >= 0.3 is 0 Å². The molecule has 1 atom stereocenters. The number of aliphatic hydroxyl groups is 1. The summed E-state index contributed by atoms with van der Waals surface area (Å²) >= 11 is 0. The van der Waals surface area contributed by atoms with Crippen LogP contribution in [0.4, 0.5) is 5.69 Å². The van der Waals surface area contributed by atoms with Crippen LogP contribution in [0.3, 0.4) is 0 Å². The highest BCUT2D eigenvalue weighted by molar-refractivity contribution is 6.07. The van der Waals surface area contributed by atoms with Gasteiger partial charge in [0.15, 0.2) is 5.69 Å². The Bertz CT molecular complexity index is 1060. The van der Waals surface area contributed by atoms with Gasteiger partial charge in [-0.3, -0.25) is 19.5 Å². The summed E-state index contributed by atoms with van der Waals surface area (Å²) in [6, 6.07) is 6.73. The van der Waals surface area contributed by atoms with Crippen molar-refractivity contribution in [3.63, 3.8) is 0 Å². The lowest BCUT2D eigenvalue weighted by Crippen LogP contribution is -2.37. The number of rotatable bonds is 2. The highest BCUT2D eigenvalue weighted by Crippen LogP contribution is 2.21. The second kappa shape index (κ2) is 6.51. The molecule has 0 saturated carbocycles. The van der Waals surface area contributed by atoms with E-state index in [1.165, 1.54) is 4.90 Å². The minimum atomic E-state index is -1.68. The number of aromatic amines is 1. The average molecular weight is 379 g/mol. The first-order chi connectivity index (χ1) is 13.4. The maximum Gasteiger partial charge on any atom is 0.276 e. The second-order valence-electron chi connectivity index (χ2n) is 6.73. The number of fused-ring (bicyclic) bond motifs is 1. The fourth-order valence-corrected chi connectivity index (χ4v) is 3.18. The second-order valence-corrected chi connectivity index (χ2v) is 6.73. The van der Waals surface area contributed by atoms with Crippen molar-refractivity contribution in [2.45, 2.75) is 18.6 Å². The molecule has 1 aromatic carbocycles. The summed E-state index contributed by atoms with van der Waals surface area (Å²) in [4.78, 5) is 37.5. The molecule has 28 heavy (non-hydrogen) atoms. The van der Waals surface area contributed by atoms with Crippen molar-refractivity contribution in [1.29, 1.82) is 0 Å². The summed E-state index contributed by atoms with van der Waals surface area (Å²) in [6.07, 6.45) is 0.253. The Morgan fingerprint density at radius 1 is 1.39 bits per heavy atom. The van der Waals surface area contributed by atoms with Crippen LogP contribution in [-0.2, 0) is 11.3 Å². The van der Waals surface area contributed by atoms with Crippen LogP contribution in [0.5, 0.6) is 0 Å². The lowest BCUT2D eigenvalue weighted by atomic mass is 10.0. The third-order valence-electron chi connectivity index (χ3n) is 4.78. The molecule has 0 unspecified atom stereocenters. The van der Waals surface area contributed by atoms with Crippen LogP contribution in [0.2, 0.25) is 0 Å². The number of hydrogen-bond acceptors (Lipinski definition) is 5. The Hall–Kier alpha value is -3.64. The number of carbonyl (C=O) groups is 3. The summed E-state index contributed by atoms with van der Waals surface area (Å²) in [5, 5.41) is 22.2. The van der Waals surface area contributed by atoms with E-state index in [0.717, 1.165) is 0 Å². The topological polar surface area (TPSA) is 127 Å². The quantitative estimate of drug-likeness (QED) is 0.540. The molecule has 9 nitrogen and oxygen atoms in total. The van der Waals surface area contributed by atoms with Crippen molar-refractivity contribution in [3.8, 4) is 11.8 Å². The third-order valence-corrected chi connectivity index (χ3v) is 4.78. The summed E-state index contributed by atoms with van der Waals surface area (Å²) in [7, 11) is 1.62. The van der Waals surface area contributed by atoms with Crippen molar-refractivity contribution >= 4 is 23.4 Å². The number of nitrogens with zero attached hydrogens (tertiary/aromatic N) is 2. The number of anilines is 1. The van der Waals surface area contributed by atoms with Crippen molar-refractivity contribution in [2.75, 3.05) is 18.9 Å². The Kier molecular flexibility index (Phi) is 4.13. The molecule has 0 aliphatic carbocycles. The molecule has 4 N–H and O–H groups in total. The van der Waals surface area contributed by atoms with Crippen molar-refractivity contribution in [1.82, 2.24) is 20.4 Å². The summed E-state index contributed by atoms with van der Waals surface area (Å²) < 4.78 is 0. The zero-order valence-corrected chi connectivity index (χ0v) is 15.0. The lowest BCUT2D eigenvalue weighted by Gasteiger charge is -2.13. The normalized spacial score (nSPS) is 20.4. The van der Waals surface area contributed by atoms with Crippen LogP contribution in [0.15, 0.2) is 24.3 Å². The van der Waals surface area contributed by atoms with Crippen LogP contribution in [0, 0.1) is 11.8 Å². The standard InChI is InChI=1S/C19H17N5O4/c1-24-8-7-19(28,18(24)27)6-5-11-3-2-4-12(9-11)21-17(26)15-13-10-20-16(25)14(13)22-23-15/h2-4,9,28H,7-8,10H2,1H3,(H,20,25)(H,21,26)(H,22,23)/t19-/m1/s1. The van der Waals surface area contributed by atoms with E-state index in [2.05, 4.69) is 32.7 Å². The van der Waals surface area contributed by atoms with Crippen molar-refractivity contribution in [2.24, 2.45) is 0 Å². The zero-order chi connectivity index (χ0) is 19.9. The Balaban J connectivity index is 1.52. The molecule has 1 fully saturated rings. The molecule has 9 heteroatoms. The Morgan fingerprint density at radius 3 is 2.96 bits per heavy atom. The predicted octanol–water partition coefficient (Wildman–Crippen LogP) is -0.150. The molecule has 2 aromatic rings. The van der Waals surface area contributed by atoms with Gasteiger partial charge in [0.2, 0.25) is 5.60 Å². The molecule has 3 amide bonds. The van der Waals surface area contributed by atoms with Gasteiger partial charge in [0.25, 0.3) is 17.7 Å². The van der Waals surface area contributed by atoms with E-state index in [4.69, 9.17) is 0 Å². The molecule has 2 aliphatic rings. The van der Waals surface area contributed by atoms with E-state index < -0.39 is 17.4 Å². The number of likely N-dealkylation sites (N-methyl/N-ethyl adjacent to an activating group) is 1. The number of H-pyrrole nitrogens is 1. The van der Waals surface area contributed by atoms with Gasteiger partial charge in [0.05, 0.1) is 0 Å². The first-order valence-corrected chi connectivity index (χ1v) is 8.65. The summed E-state index contributed by atoms with van der Waals surface area (Å²) in [6.45, 7) is 0.700. The Morgan fingerprint density at radius 2 is 2.21 bits per heavy atom. The Labute approximate surface area is 160 Å². The van der Waals surface area contributed by atoms with Gasteiger partial charge in [0.1, 0.15) is 5.69 Å². The van der Waals surface area contributed by atoms with Gasteiger partial charge in [-0.2, -0.15) is 5.10 Å². The molecule has 0 radical (unpaired) electrons. The number of amides is 3. The molecule has 1 aromatic heterocycles. The molecule has 3 heterocycles. The van der Waals surface area contributed by atoms with Gasteiger partial charge in [0, 0.05) is 43.4 Å². The van der Waals surface area contributed by atoms with Crippen molar-refractivity contribution < 1.29 is 19.5 Å². The number of benzene rings is 1. The first kappa shape index (κ1) is 17.8. The monoisotopic (exact) mass is 379 g/mol. The molecular formula is C19H17N5O4. The molecule has 142 valence electrons. The van der Waals surface area contributed by atoms with E-state index in [1.807, 2.05) is 0 Å². The largest absolute Gasteiger partial charge is 0.369 e. The van der Waals surface area contributed by atoms with E-state index in [0.29, 0.717) is 29.1 Å². The van der Waals surface area contributed by atoms with Gasteiger partial charge in [-0.1, -0.05) is 17.9 Å². The van der Waals surface area contributed by atoms with Gasteiger partial charge in [-0.25, -0.2) is 0 Å². The SMILES string of the molecule is CN1CC[C@](O)(C#Cc2cccc(NC(=O)c3n[nH]c4c3CNC4=O)c2)C1=O. The van der Waals surface area contributed by atoms with Gasteiger partial charge in [-0.05, 0) is 18.2 Å². The maximum absolute atomic E-state index is 12.5. The van der Waals surface area contributed by atoms with Crippen LogP contribution in [-0.4, -0.2) is 57.1 Å². The van der Waals surface area contributed by atoms with E-state index in [-0.39, 0.29) is 24.6 Å². The smallest absolute Gasteiger partial charge is 0.276 e. The molecular weight excluding hydrogens is 362 g/mol. The molecule has 2 aliphatic heterocycles. The summed E-state index contributed by atoms with van der Waals surface area (Å²) in [5.41, 5.74) is 0.321. The highest BCUT2D eigenvalue weighted by Gasteiger charge is 2.42. The van der Waals surface area contributed by atoms with E-state index >= 15 is 0 Å². The number of hydrogen-bond donors (Lipinski definition) is 4. The first-order valence-electron chi connectivity index (χ1n) is 8.65. The van der Waals surface area contributed by atoms with E-state index in [9.17, 15) is 19.5 Å². The van der Waals surface area contributed by atoms with Crippen LogP contribution in [0.25, 0.3) is 0 Å². The van der Waals surface area contributed by atoms with Crippen LogP contribution >= 0.6 is 0 Å². The third kappa shape index (κ3) is 3.00. The lowest BCUT2D eigenvalue weighted by molar-refractivity contribution is -0.137. The minimum absolute atomic E-state index is 0.152. The predicted molar refractivity (Wildman–Crippen MR) is 98.2 cm³/mol. The summed E-state index contributed by atoms with van der Waals surface area (Å²) in [5.74, 6) is 4.28. The van der Waals surface area contributed by atoms with Gasteiger partial charge < -0.3 is 20.6 Å².